The molecule has 1 atom stereocenters. The predicted octanol–water partition coefficient (Wildman–Crippen LogP) is 1.19. The van der Waals surface area contributed by atoms with E-state index in [4.69, 9.17) is 10.8 Å². The Hall–Kier alpha value is -1.26. The van der Waals surface area contributed by atoms with Gasteiger partial charge in [0, 0.05) is 6.61 Å². The Kier molecular flexibility index (Phi) is 4.58. The van der Waals surface area contributed by atoms with E-state index >= 15 is 0 Å². The summed E-state index contributed by atoms with van der Waals surface area (Å²) in [5.41, 5.74) is 8.11. The summed E-state index contributed by atoms with van der Waals surface area (Å²) in [5, 5.41) is 21.5. The van der Waals surface area contributed by atoms with Crippen LogP contribution in [-0.4, -0.2) is 23.0 Å². The molecule has 5 N–H and O–H groups in total. The molecule has 1 aromatic carbocycles. The van der Waals surface area contributed by atoms with Crippen molar-refractivity contribution in [2.45, 2.75) is 26.5 Å². The molecule has 0 heterocycles. The van der Waals surface area contributed by atoms with Crippen molar-refractivity contribution in [2.75, 3.05) is 17.7 Å². The molecular weight excluding hydrogens is 204 g/mol. The van der Waals surface area contributed by atoms with Gasteiger partial charge in [-0.3, -0.25) is 0 Å². The van der Waals surface area contributed by atoms with E-state index < -0.39 is 6.23 Å². The lowest BCUT2D eigenvalue weighted by Crippen LogP contribution is -2.25. The van der Waals surface area contributed by atoms with Crippen LogP contribution >= 0.6 is 0 Å². The van der Waals surface area contributed by atoms with Gasteiger partial charge in [-0.05, 0) is 30.0 Å². The SMILES string of the molecule is CC(C)C(O)Nc1cc(CCO)ccc1N. The summed E-state index contributed by atoms with van der Waals surface area (Å²) >= 11 is 0. The first kappa shape index (κ1) is 12.8. The van der Waals surface area contributed by atoms with Crippen molar-refractivity contribution in [3.63, 3.8) is 0 Å². The molecule has 1 aromatic rings. The fourth-order valence-electron chi connectivity index (χ4n) is 1.34. The molecule has 0 amide bonds. The number of anilines is 2. The van der Waals surface area contributed by atoms with E-state index in [9.17, 15) is 5.11 Å². The number of benzene rings is 1. The van der Waals surface area contributed by atoms with Gasteiger partial charge in [-0.25, -0.2) is 0 Å². The first-order valence-electron chi connectivity index (χ1n) is 5.48. The highest BCUT2D eigenvalue weighted by atomic mass is 16.3. The smallest absolute Gasteiger partial charge is 0.126 e. The molecular formula is C12H20N2O2. The van der Waals surface area contributed by atoms with Gasteiger partial charge in [0.2, 0.25) is 0 Å². The van der Waals surface area contributed by atoms with Crippen LogP contribution in [0.3, 0.4) is 0 Å². The van der Waals surface area contributed by atoms with Crippen molar-refractivity contribution in [1.29, 1.82) is 0 Å². The molecule has 16 heavy (non-hydrogen) atoms. The van der Waals surface area contributed by atoms with Crippen LogP contribution in [0.4, 0.5) is 11.4 Å². The average Bonchev–Trinajstić information content (AvgIpc) is 2.23. The second kappa shape index (κ2) is 5.72. The fraction of sp³-hybridized carbons (Fsp3) is 0.500. The molecule has 4 heteroatoms. The molecule has 0 saturated carbocycles. The lowest BCUT2D eigenvalue weighted by molar-refractivity contribution is 0.153. The lowest BCUT2D eigenvalue weighted by Gasteiger charge is -2.19. The van der Waals surface area contributed by atoms with Crippen LogP contribution in [0.2, 0.25) is 0 Å². The molecule has 0 saturated heterocycles. The predicted molar refractivity (Wildman–Crippen MR) is 66.1 cm³/mol. The molecule has 0 aliphatic heterocycles. The maximum Gasteiger partial charge on any atom is 0.126 e. The van der Waals surface area contributed by atoms with E-state index in [1.165, 1.54) is 0 Å². The van der Waals surface area contributed by atoms with Crippen molar-refractivity contribution >= 4 is 11.4 Å². The van der Waals surface area contributed by atoms with E-state index in [2.05, 4.69) is 5.32 Å². The van der Waals surface area contributed by atoms with Crippen molar-refractivity contribution in [3.8, 4) is 0 Å². The number of aliphatic hydroxyl groups is 2. The second-order valence-corrected chi connectivity index (χ2v) is 4.23. The van der Waals surface area contributed by atoms with E-state index in [1.807, 2.05) is 26.0 Å². The fourth-order valence-corrected chi connectivity index (χ4v) is 1.34. The maximum absolute atomic E-state index is 9.71. The zero-order valence-corrected chi connectivity index (χ0v) is 9.77. The number of nitrogens with one attached hydrogen (secondary N) is 1. The number of nitrogen functional groups attached to an aromatic ring is 1. The average molecular weight is 224 g/mol. The van der Waals surface area contributed by atoms with Crippen LogP contribution in [0.15, 0.2) is 18.2 Å². The maximum atomic E-state index is 9.71. The quantitative estimate of drug-likeness (QED) is 0.447. The Labute approximate surface area is 96.1 Å². The number of hydrogen-bond acceptors (Lipinski definition) is 4. The van der Waals surface area contributed by atoms with Gasteiger partial charge in [0.25, 0.3) is 0 Å². The summed E-state index contributed by atoms with van der Waals surface area (Å²) in [4.78, 5) is 0. The third-order valence-corrected chi connectivity index (χ3v) is 2.45. The van der Waals surface area contributed by atoms with Gasteiger partial charge in [0.15, 0.2) is 0 Å². The van der Waals surface area contributed by atoms with Gasteiger partial charge in [-0.2, -0.15) is 0 Å². The van der Waals surface area contributed by atoms with Gasteiger partial charge < -0.3 is 21.3 Å². The van der Waals surface area contributed by atoms with Gasteiger partial charge in [0.05, 0.1) is 11.4 Å². The minimum Gasteiger partial charge on any atom is -0.397 e. The zero-order chi connectivity index (χ0) is 12.1. The monoisotopic (exact) mass is 224 g/mol. The molecule has 1 rings (SSSR count). The van der Waals surface area contributed by atoms with Crippen molar-refractivity contribution in [3.05, 3.63) is 23.8 Å². The highest BCUT2D eigenvalue weighted by molar-refractivity contribution is 5.67. The summed E-state index contributed by atoms with van der Waals surface area (Å²) < 4.78 is 0. The van der Waals surface area contributed by atoms with Crippen molar-refractivity contribution in [2.24, 2.45) is 5.92 Å². The van der Waals surface area contributed by atoms with E-state index in [-0.39, 0.29) is 12.5 Å². The molecule has 1 unspecified atom stereocenters. The summed E-state index contributed by atoms with van der Waals surface area (Å²) in [6.45, 7) is 3.95. The summed E-state index contributed by atoms with van der Waals surface area (Å²) in [6, 6.07) is 5.51. The van der Waals surface area contributed by atoms with Gasteiger partial charge >= 0.3 is 0 Å². The van der Waals surface area contributed by atoms with Crippen LogP contribution < -0.4 is 11.1 Å². The van der Waals surface area contributed by atoms with Crippen molar-refractivity contribution in [1.82, 2.24) is 0 Å². The zero-order valence-electron chi connectivity index (χ0n) is 9.77. The Morgan fingerprint density at radius 3 is 2.62 bits per heavy atom. The number of nitrogens with two attached hydrogens (primary N) is 1. The molecule has 0 aliphatic carbocycles. The largest absolute Gasteiger partial charge is 0.397 e. The first-order chi connectivity index (χ1) is 7.54. The van der Waals surface area contributed by atoms with E-state index in [0.717, 1.165) is 5.56 Å². The number of hydrogen-bond donors (Lipinski definition) is 4. The molecule has 0 aromatic heterocycles. The summed E-state index contributed by atoms with van der Waals surface area (Å²) in [7, 11) is 0. The molecule has 4 nitrogen and oxygen atoms in total. The molecule has 0 aliphatic rings. The summed E-state index contributed by atoms with van der Waals surface area (Å²) in [6.07, 6.45) is -0.0288. The van der Waals surface area contributed by atoms with Crippen molar-refractivity contribution < 1.29 is 10.2 Å². The minimum atomic E-state index is -0.619. The molecule has 0 bridgehead atoms. The molecule has 0 radical (unpaired) electrons. The van der Waals surface area contributed by atoms with Crippen LogP contribution in [0, 0.1) is 5.92 Å². The van der Waals surface area contributed by atoms with Crippen LogP contribution in [0.1, 0.15) is 19.4 Å². The molecule has 0 fully saturated rings. The molecule has 90 valence electrons. The third kappa shape index (κ3) is 3.40. The topological polar surface area (TPSA) is 78.5 Å². The molecule has 0 spiro atoms. The Morgan fingerprint density at radius 2 is 2.06 bits per heavy atom. The van der Waals surface area contributed by atoms with Crippen LogP contribution in [0.5, 0.6) is 0 Å². The normalized spacial score (nSPS) is 12.8. The van der Waals surface area contributed by atoms with E-state index in [1.54, 1.807) is 6.07 Å². The number of rotatable bonds is 5. The third-order valence-electron chi connectivity index (χ3n) is 2.45. The lowest BCUT2D eigenvalue weighted by atomic mass is 10.1. The second-order valence-electron chi connectivity index (χ2n) is 4.23. The highest BCUT2D eigenvalue weighted by Crippen LogP contribution is 2.22. The Bertz CT molecular complexity index is 340. The standard InChI is InChI=1S/C12H20N2O2/c1-8(2)12(16)14-11-7-9(5-6-15)3-4-10(11)13/h3-4,7-8,12,14-16H,5-6,13H2,1-2H3. The Morgan fingerprint density at radius 1 is 1.38 bits per heavy atom. The highest BCUT2D eigenvalue weighted by Gasteiger charge is 2.10. The Balaban J connectivity index is 2.81. The number of aliphatic hydroxyl groups excluding tert-OH is 2. The minimum absolute atomic E-state index is 0.107. The summed E-state index contributed by atoms with van der Waals surface area (Å²) in [5.74, 6) is 0.112. The van der Waals surface area contributed by atoms with Crippen LogP contribution in [0.25, 0.3) is 0 Å². The van der Waals surface area contributed by atoms with Gasteiger partial charge in [-0.1, -0.05) is 19.9 Å². The van der Waals surface area contributed by atoms with Gasteiger partial charge in [0.1, 0.15) is 6.23 Å². The van der Waals surface area contributed by atoms with Crippen LogP contribution in [-0.2, 0) is 6.42 Å². The first-order valence-corrected chi connectivity index (χ1v) is 5.48. The van der Waals surface area contributed by atoms with E-state index in [0.29, 0.717) is 17.8 Å². The van der Waals surface area contributed by atoms with Gasteiger partial charge in [-0.15, -0.1) is 0 Å².